The Morgan fingerprint density at radius 2 is 1.89 bits per heavy atom. The van der Waals surface area contributed by atoms with E-state index in [1.54, 1.807) is 42.5 Å². The van der Waals surface area contributed by atoms with Gasteiger partial charge in [0.15, 0.2) is 12.7 Å². The van der Waals surface area contributed by atoms with Gasteiger partial charge in [-0.05, 0) is 24.3 Å². The molecule has 140 valence electrons. The summed E-state index contributed by atoms with van der Waals surface area (Å²) in [6.07, 6.45) is -0.827. The van der Waals surface area contributed by atoms with Crippen LogP contribution in [0.5, 0.6) is 11.5 Å². The van der Waals surface area contributed by atoms with Gasteiger partial charge in [0.25, 0.3) is 17.7 Å². The van der Waals surface area contributed by atoms with Crippen molar-refractivity contribution in [3.63, 3.8) is 0 Å². The molecule has 1 heterocycles. The number of anilines is 1. The summed E-state index contributed by atoms with van der Waals surface area (Å²) >= 11 is 0. The van der Waals surface area contributed by atoms with Gasteiger partial charge >= 0.3 is 0 Å². The molecule has 0 unspecified atom stereocenters. The summed E-state index contributed by atoms with van der Waals surface area (Å²) in [5, 5.41) is 2.52. The van der Waals surface area contributed by atoms with E-state index in [-0.39, 0.29) is 36.3 Å². The number of rotatable bonds is 5. The van der Waals surface area contributed by atoms with Crippen molar-refractivity contribution in [1.29, 1.82) is 0 Å². The molecule has 0 saturated carbocycles. The summed E-state index contributed by atoms with van der Waals surface area (Å²) < 4.78 is 11.2. The fourth-order valence-corrected chi connectivity index (χ4v) is 2.78. The zero-order chi connectivity index (χ0) is 19.4. The predicted molar refractivity (Wildman–Crippen MR) is 97.7 cm³/mol. The first-order chi connectivity index (χ1) is 13.0. The van der Waals surface area contributed by atoms with Crippen LogP contribution in [0.25, 0.3) is 0 Å². The van der Waals surface area contributed by atoms with Crippen LogP contribution in [0.4, 0.5) is 5.69 Å². The number of amides is 3. The lowest BCUT2D eigenvalue weighted by atomic mass is 10.1. The molecule has 3 N–H and O–H groups in total. The minimum Gasteiger partial charge on any atom is -0.483 e. The van der Waals surface area contributed by atoms with Crippen molar-refractivity contribution in [3.05, 3.63) is 54.1 Å². The maximum absolute atomic E-state index is 12.8. The second-order valence-corrected chi connectivity index (χ2v) is 5.84. The van der Waals surface area contributed by atoms with E-state index in [2.05, 4.69) is 5.32 Å². The van der Waals surface area contributed by atoms with Crippen LogP contribution in [0.2, 0.25) is 0 Å². The number of carbonyl (C=O) groups is 3. The number of nitrogens with zero attached hydrogens (tertiary/aromatic N) is 1. The topological polar surface area (TPSA) is 111 Å². The molecule has 3 amide bonds. The fraction of sp³-hybridized carbons (Fsp3) is 0.211. The number of hydrogen-bond donors (Lipinski definition) is 2. The Labute approximate surface area is 155 Å². The second-order valence-electron chi connectivity index (χ2n) is 5.84. The maximum atomic E-state index is 12.8. The molecule has 2 aromatic carbocycles. The molecule has 1 atom stereocenters. The molecule has 8 heteroatoms. The molecule has 0 radical (unpaired) electrons. The van der Waals surface area contributed by atoms with E-state index < -0.39 is 12.0 Å². The van der Waals surface area contributed by atoms with Crippen molar-refractivity contribution in [2.24, 2.45) is 5.73 Å². The van der Waals surface area contributed by atoms with Crippen molar-refractivity contribution >= 4 is 23.4 Å². The van der Waals surface area contributed by atoms with Crippen LogP contribution in [0, 0.1) is 0 Å². The van der Waals surface area contributed by atoms with E-state index in [1.165, 1.54) is 18.0 Å². The van der Waals surface area contributed by atoms with E-state index in [4.69, 9.17) is 15.2 Å². The Morgan fingerprint density at radius 3 is 2.63 bits per heavy atom. The zero-order valence-corrected chi connectivity index (χ0v) is 14.7. The lowest BCUT2D eigenvalue weighted by molar-refractivity contribution is -0.128. The second kappa shape index (κ2) is 7.77. The van der Waals surface area contributed by atoms with Gasteiger partial charge in [-0.3, -0.25) is 14.4 Å². The third-order valence-electron chi connectivity index (χ3n) is 4.12. The van der Waals surface area contributed by atoms with Crippen molar-refractivity contribution in [2.45, 2.75) is 6.10 Å². The lowest BCUT2D eigenvalue weighted by Gasteiger charge is -2.33. The van der Waals surface area contributed by atoms with Crippen LogP contribution in [0.15, 0.2) is 48.5 Å². The van der Waals surface area contributed by atoms with Gasteiger partial charge in [0.1, 0.15) is 11.5 Å². The minimum atomic E-state index is -0.827. The number of nitrogens with two attached hydrogens (primary N) is 1. The molecule has 0 bridgehead atoms. The molecular weight excluding hydrogens is 350 g/mol. The van der Waals surface area contributed by atoms with Crippen LogP contribution in [-0.4, -0.2) is 44.0 Å². The number of likely N-dealkylation sites (N-methyl/N-ethyl adjacent to an activating group) is 1. The standard InChI is InChI=1S/C19H19N3O5/c1-21-19(25)16-10-22(13-7-3-5-9-15(13)27-16)17(23)11-26-14-8-4-2-6-12(14)18(20)24/h2-9,16H,10-11H2,1H3,(H2,20,24)(H,21,25)/t16-/m1/s1. The minimum absolute atomic E-state index is 0.0519. The van der Waals surface area contributed by atoms with Gasteiger partial charge in [-0.15, -0.1) is 0 Å². The van der Waals surface area contributed by atoms with Gasteiger partial charge in [-0.25, -0.2) is 0 Å². The van der Waals surface area contributed by atoms with Crippen LogP contribution >= 0.6 is 0 Å². The number of nitrogens with one attached hydrogen (secondary N) is 1. The van der Waals surface area contributed by atoms with Gasteiger partial charge in [0.2, 0.25) is 0 Å². The van der Waals surface area contributed by atoms with E-state index in [0.717, 1.165) is 0 Å². The van der Waals surface area contributed by atoms with Crippen LogP contribution in [0.1, 0.15) is 10.4 Å². The Bertz CT molecular complexity index is 883. The molecule has 1 aliphatic heterocycles. The Morgan fingerprint density at radius 1 is 1.19 bits per heavy atom. The van der Waals surface area contributed by atoms with Crippen LogP contribution in [0.3, 0.4) is 0 Å². The Balaban J connectivity index is 1.79. The predicted octanol–water partition coefficient (Wildman–Crippen LogP) is 0.705. The summed E-state index contributed by atoms with van der Waals surface area (Å²) in [6.45, 7) is -0.268. The number of hydrogen-bond acceptors (Lipinski definition) is 5. The first kappa shape index (κ1) is 18.2. The SMILES string of the molecule is CNC(=O)[C@H]1CN(C(=O)COc2ccccc2C(N)=O)c2ccccc2O1. The quantitative estimate of drug-likeness (QED) is 0.806. The number of fused-ring (bicyclic) bond motifs is 1. The van der Waals surface area contributed by atoms with Gasteiger partial charge in [0.05, 0.1) is 17.8 Å². The smallest absolute Gasteiger partial charge is 0.265 e. The molecular formula is C19H19N3O5. The summed E-state index contributed by atoms with van der Waals surface area (Å²) in [6, 6.07) is 13.4. The van der Waals surface area contributed by atoms with Crippen molar-refractivity contribution in [1.82, 2.24) is 5.32 Å². The molecule has 0 aliphatic carbocycles. The van der Waals surface area contributed by atoms with Crippen molar-refractivity contribution < 1.29 is 23.9 Å². The first-order valence-corrected chi connectivity index (χ1v) is 8.30. The van der Waals surface area contributed by atoms with E-state index in [0.29, 0.717) is 11.4 Å². The molecule has 0 spiro atoms. The highest BCUT2D eigenvalue weighted by Gasteiger charge is 2.33. The summed E-state index contributed by atoms with van der Waals surface area (Å²) in [5.41, 5.74) is 6.06. The zero-order valence-electron chi connectivity index (χ0n) is 14.7. The highest BCUT2D eigenvalue weighted by Crippen LogP contribution is 2.33. The molecule has 2 aromatic rings. The van der Waals surface area contributed by atoms with E-state index >= 15 is 0 Å². The third-order valence-corrected chi connectivity index (χ3v) is 4.12. The van der Waals surface area contributed by atoms with E-state index in [9.17, 15) is 14.4 Å². The number of para-hydroxylation sites is 3. The molecule has 27 heavy (non-hydrogen) atoms. The normalized spacial score (nSPS) is 15.3. The highest BCUT2D eigenvalue weighted by molar-refractivity contribution is 5.99. The highest BCUT2D eigenvalue weighted by atomic mass is 16.5. The number of benzene rings is 2. The van der Waals surface area contributed by atoms with Gasteiger partial charge < -0.3 is 25.4 Å². The third kappa shape index (κ3) is 3.84. The Hall–Kier alpha value is -3.55. The molecule has 0 saturated heterocycles. The number of carbonyl (C=O) groups excluding carboxylic acids is 3. The summed E-state index contributed by atoms with van der Waals surface area (Å²) in [5.74, 6) is -0.693. The largest absolute Gasteiger partial charge is 0.483 e. The monoisotopic (exact) mass is 369 g/mol. The molecule has 0 fully saturated rings. The maximum Gasteiger partial charge on any atom is 0.265 e. The molecule has 3 rings (SSSR count). The van der Waals surface area contributed by atoms with Crippen LogP contribution < -0.4 is 25.4 Å². The molecule has 0 aromatic heterocycles. The number of ether oxygens (including phenoxy) is 2. The van der Waals surface area contributed by atoms with Crippen molar-refractivity contribution in [2.75, 3.05) is 25.1 Å². The van der Waals surface area contributed by atoms with Gasteiger partial charge in [-0.1, -0.05) is 24.3 Å². The van der Waals surface area contributed by atoms with Gasteiger partial charge in [0, 0.05) is 7.05 Å². The molecule has 1 aliphatic rings. The average molecular weight is 369 g/mol. The Kier molecular flexibility index (Phi) is 5.25. The number of primary amides is 1. The van der Waals surface area contributed by atoms with E-state index in [1.807, 2.05) is 0 Å². The lowest BCUT2D eigenvalue weighted by Crippen LogP contribution is -2.51. The first-order valence-electron chi connectivity index (χ1n) is 8.30. The van der Waals surface area contributed by atoms with Gasteiger partial charge in [-0.2, -0.15) is 0 Å². The summed E-state index contributed by atoms with van der Waals surface area (Å²) in [7, 11) is 1.50. The average Bonchev–Trinajstić information content (AvgIpc) is 2.70. The fourth-order valence-electron chi connectivity index (χ4n) is 2.78. The summed E-state index contributed by atoms with van der Waals surface area (Å²) in [4.78, 5) is 37.7. The molecule has 8 nitrogen and oxygen atoms in total. The van der Waals surface area contributed by atoms with Crippen molar-refractivity contribution in [3.8, 4) is 11.5 Å². The van der Waals surface area contributed by atoms with Crippen LogP contribution in [-0.2, 0) is 9.59 Å².